The molecule has 1 aliphatic heterocycles. The fourth-order valence-electron chi connectivity index (χ4n) is 7.16. The molecule has 1 saturated heterocycles. The van der Waals surface area contributed by atoms with Gasteiger partial charge >= 0.3 is 5.97 Å². The topological polar surface area (TPSA) is 150 Å². The van der Waals surface area contributed by atoms with E-state index >= 15 is 0 Å². The van der Waals surface area contributed by atoms with Crippen molar-refractivity contribution in [1.82, 2.24) is 25.4 Å². The van der Waals surface area contributed by atoms with Gasteiger partial charge in [-0.15, -0.1) is 0 Å². The van der Waals surface area contributed by atoms with Crippen molar-refractivity contribution in [2.24, 2.45) is 17.6 Å². The Kier molecular flexibility index (Phi) is 13.2. The molecule has 2 aliphatic rings. The van der Waals surface area contributed by atoms with Crippen molar-refractivity contribution in [2.75, 3.05) is 26.2 Å². The molecular weight excluding hydrogens is 656 g/mol. The summed E-state index contributed by atoms with van der Waals surface area (Å²) in [6.45, 7) is 12.3. The number of carbonyl (C=O) groups excluding carboxylic acids is 3. The summed E-state index contributed by atoms with van der Waals surface area (Å²) < 4.78 is 5.94. The molecule has 5 rings (SSSR count). The number of β-amino-alcohol motifs (C(OH)–C–C–N with tert-alkyl or cyclic N) is 1. The van der Waals surface area contributed by atoms with E-state index in [4.69, 9.17) is 10.5 Å². The van der Waals surface area contributed by atoms with Crippen LogP contribution in [0, 0.1) is 11.8 Å². The number of fused-ring (bicyclic) bond motifs is 1. The van der Waals surface area contributed by atoms with Gasteiger partial charge in [-0.3, -0.25) is 29.2 Å². The van der Waals surface area contributed by atoms with Crippen LogP contribution in [0.1, 0.15) is 69.3 Å². The van der Waals surface area contributed by atoms with Crippen molar-refractivity contribution in [2.45, 2.75) is 96.3 Å². The van der Waals surface area contributed by atoms with Crippen LogP contribution in [0.2, 0.25) is 0 Å². The molecule has 0 spiro atoms. The molecule has 0 bridgehead atoms. The second-order valence-corrected chi connectivity index (χ2v) is 15.8. The van der Waals surface area contributed by atoms with Gasteiger partial charge < -0.3 is 26.2 Å². The van der Waals surface area contributed by atoms with Gasteiger partial charge in [0.25, 0.3) is 0 Å². The maximum Gasteiger partial charge on any atom is 0.323 e. The maximum atomic E-state index is 14.3. The van der Waals surface area contributed by atoms with E-state index in [1.165, 1.54) is 0 Å². The molecule has 0 saturated carbocycles. The Morgan fingerprint density at radius 1 is 1.00 bits per heavy atom. The largest absolute Gasteiger partial charge is 0.458 e. The number of nitrogens with one attached hydrogen (secondary N) is 2. The summed E-state index contributed by atoms with van der Waals surface area (Å²) in [7, 11) is 0. The van der Waals surface area contributed by atoms with Crippen molar-refractivity contribution in [3.05, 3.63) is 101 Å². The van der Waals surface area contributed by atoms with Crippen LogP contribution in [-0.4, -0.2) is 93.7 Å². The standard InChI is InChI=1S/C41H56N6O5/c1-27(2)36(42)40(51)52-35-22-30-15-9-10-16-33(30)37(35)44-38(49)31(20-28-12-7-6-8-13-28)21-32(48)25-47-19-18-46(24-29-14-11-17-43-23-29)26-34(47)39(50)45-41(3,4)5/h6-17,23,27,31-32,34-37,48H,18-22,24-26,42H2,1-5H3,(H,44,49)(H,45,50)/t31-,32+,34+,35-,36+,37+/m1/s1. The summed E-state index contributed by atoms with van der Waals surface area (Å²) in [6.07, 6.45) is 3.16. The third-order valence-electron chi connectivity index (χ3n) is 9.94. The van der Waals surface area contributed by atoms with Gasteiger partial charge in [0.15, 0.2) is 0 Å². The number of rotatable bonds is 14. The van der Waals surface area contributed by atoms with Gasteiger partial charge in [0.2, 0.25) is 11.8 Å². The van der Waals surface area contributed by atoms with Crippen molar-refractivity contribution in [1.29, 1.82) is 0 Å². The lowest BCUT2D eigenvalue weighted by Gasteiger charge is -2.42. The van der Waals surface area contributed by atoms with E-state index in [9.17, 15) is 19.5 Å². The van der Waals surface area contributed by atoms with E-state index in [1.807, 2.05) is 112 Å². The van der Waals surface area contributed by atoms with Crippen molar-refractivity contribution in [3.8, 4) is 0 Å². The minimum Gasteiger partial charge on any atom is -0.458 e. The van der Waals surface area contributed by atoms with Gasteiger partial charge in [0, 0.05) is 63.0 Å². The molecule has 5 N–H and O–H groups in total. The maximum absolute atomic E-state index is 14.3. The first kappa shape index (κ1) is 39.1. The minimum absolute atomic E-state index is 0.0909. The minimum atomic E-state index is -0.886. The van der Waals surface area contributed by atoms with E-state index in [1.54, 1.807) is 6.20 Å². The Balaban J connectivity index is 1.32. The summed E-state index contributed by atoms with van der Waals surface area (Å²) >= 11 is 0. The average Bonchev–Trinajstić information content (AvgIpc) is 3.44. The number of aromatic nitrogens is 1. The number of esters is 1. The van der Waals surface area contributed by atoms with Gasteiger partial charge in [-0.25, -0.2) is 0 Å². The predicted octanol–water partition coefficient (Wildman–Crippen LogP) is 3.40. The lowest BCUT2D eigenvalue weighted by Crippen LogP contribution is -2.61. The Morgan fingerprint density at radius 2 is 1.71 bits per heavy atom. The Hall–Kier alpha value is -4.16. The number of carbonyl (C=O) groups is 3. The van der Waals surface area contributed by atoms with Gasteiger partial charge in [0.05, 0.1) is 12.1 Å². The van der Waals surface area contributed by atoms with Crippen LogP contribution in [0.25, 0.3) is 0 Å². The number of benzene rings is 2. The van der Waals surface area contributed by atoms with Gasteiger partial charge in [-0.05, 0) is 67.9 Å². The number of aliphatic hydroxyl groups excluding tert-OH is 1. The molecule has 1 fully saturated rings. The molecule has 3 aromatic rings. The molecule has 11 nitrogen and oxygen atoms in total. The zero-order chi connectivity index (χ0) is 37.4. The molecular formula is C41H56N6O5. The van der Waals surface area contributed by atoms with E-state index in [0.717, 1.165) is 28.8 Å². The smallest absolute Gasteiger partial charge is 0.323 e. The predicted molar refractivity (Wildman–Crippen MR) is 201 cm³/mol. The molecule has 2 aromatic carbocycles. The number of amides is 2. The number of nitrogens with two attached hydrogens (primary N) is 1. The number of hydrogen-bond donors (Lipinski definition) is 4. The summed E-state index contributed by atoms with van der Waals surface area (Å²) in [6, 6.07) is 19.7. The third kappa shape index (κ3) is 10.7. The van der Waals surface area contributed by atoms with Crippen LogP contribution in [0.5, 0.6) is 0 Å². The molecule has 11 heteroatoms. The lowest BCUT2D eigenvalue weighted by molar-refractivity contribution is -0.153. The Bertz CT molecular complexity index is 1630. The van der Waals surface area contributed by atoms with Crippen LogP contribution >= 0.6 is 0 Å². The Morgan fingerprint density at radius 3 is 2.40 bits per heavy atom. The molecule has 6 atom stereocenters. The molecule has 1 aliphatic carbocycles. The zero-order valence-corrected chi connectivity index (χ0v) is 31.2. The highest BCUT2D eigenvalue weighted by molar-refractivity contribution is 5.83. The quantitative estimate of drug-likeness (QED) is 0.185. The van der Waals surface area contributed by atoms with Crippen molar-refractivity contribution in [3.63, 3.8) is 0 Å². The van der Waals surface area contributed by atoms with Gasteiger partial charge in [-0.1, -0.05) is 74.5 Å². The van der Waals surface area contributed by atoms with Crippen LogP contribution in [0.4, 0.5) is 0 Å². The molecule has 2 heterocycles. The van der Waals surface area contributed by atoms with E-state index in [0.29, 0.717) is 32.5 Å². The second kappa shape index (κ2) is 17.6. The van der Waals surface area contributed by atoms with Crippen molar-refractivity contribution < 1.29 is 24.2 Å². The highest BCUT2D eigenvalue weighted by Gasteiger charge is 2.40. The summed E-state index contributed by atoms with van der Waals surface area (Å²) in [4.78, 5) is 49.5. The lowest BCUT2D eigenvalue weighted by atomic mass is 9.91. The van der Waals surface area contributed by atoms with Gasteiger partial charge in [-0.2, -0.15) is 0 Å². The first-order chi connectivity index (χ1) is 24.8. The Labute approximate surface area is 308 Å². The molecule has 0 radical (unpaired) electrons. The number of aliphatic hydroxyl groups is 1. The van der Waals surface area contributed by atoms with E-state index in [-0.39, 0.29) is 30.7 Å². The number of pyridine rings is 1. The molecule has 1 aromatic heterocycles. The monoisotopic (exact) mass is 712 g/mol. The first-order valence-electron chi connectivity index (χ1n) is 18.5. The molecule has 280 valence electrons. The number of nitrogens with zero attached hydrogens (tertiary/aromatic N) is 3. The number of piperazine rings is 1. The molecule has 2 amide bonds. The van der Waals surface area contributed by atoms with Crippen molar-refractivity contribution >= 4 is 17.8 Å². The normalized spacial score (nSPS) is 21.2. The van der Waals surface area contributed by atoms with E-state index in [2.05, 4.69) is 20.5 Å². The third-order valence-corrected chi connectivity index (χ3v) is 9.94. The molecule has 0 unspecified atom stereocenters. The first-order valence-corrected chi connectivity index (χ1v) is 18.5. The second-order valence-electron chi connectivity index (χ2n) is 15.8. The fraction of sp³-hybridized carbons (Fsp3) is 0.512. The zero-order valence-electron chi connectivity index (χ0n) is 31.2. The van der Waals surface area contributed by atoms with Gasteiger partial charge in [0.1, 0.15) is 18.2 Å². The van der Waals surface area contributed by atoms with E-state index < -0.39 is 47.8 Å². The number of hydrogen-bond acceptors (Lipinski definition) is 9. The highest BCUT2D eigenvalue weighted by atomic mass is 16.5. The fourth-order valence-corrected chi connectivity index (χ4v) is 7.16. The van der Waals surface area contributed by atoms with Crippen LogP contribution in [0.15, 0.2) is 79.1 Å². The highest BCUT2D eigenvalue weighted by Crippen LogP contribution is 2.34. The van der Waals surface area contributed by atoms with Crippen LogP contribution in [-0.2, 0) is 38.5 Å². The summed E-state index contributed by atoms with van der Waals surface area (Å²) in [5.74, 6) is -1.50. The SMILES string of the molecule is CC(C)[C@H](N)C(=O)O[C@@H]1Cc2ccccc2[C@@H]1NC(=O)[C@H](Cc1ccccc1)C[C@H](O)CN1CCN(Cc2cccnc2)C[C@H]1C(=O)NC(C)(C)C. The van der Waals surface area contributed by atoms with Crippen LogP contribution < -0.4 is 16.4 Å². The molecule has 52 heavy (non-hydrogen) atoms. The number of ether oxygens (including phenoxy) is 1. The van der Waals surface area contributed by atoms with Crippen LogP contribution in [0.3, 0.4) is 0 Å². The summed E-state index contributed by atoms with van der Waals surface area (Å²) in [5.41, 5.74) is 9.67. The summed E-state index contributed by atoms with van der Waals surface area (Å²) in [5, 5.41) is 18.0. The average molecular weight is 713 g/mol.